The molecule has 2 aromatic rings. The number of carbonyl (C=O) groups is 2. The molecule has 13 heteroatoms. The largest absolute Gasteiger partial charge is 0.381 e. The van der Waals surface area contributed by atoms with Crippen LogP contribution in [0.3, 0.4) is 0 Å². The number of fused-ring (bicyclic) bond motifs is 2. The normalized spacial score (nSPS) is 23.5. The van der Waals surface area contributed by atoms with Gasteiger partial charge in [0.05, 0.1) is 30.2 Å². The molecular formula is C33H49F2N9O2. The van der Waals surface area contributed by atoms with Gasteiger partial charge in [-0.05, 0) is 31.6 Å². The molecule has 2 saturated heterocycles. The van der Waals surface area contributed by atoms with E-state index in [1.54, 1.807) is 9.58 Å². The number of nitrogens with two attached hydrogens (primary N) is 1. The zero-order valence-electron chi connectivity index (χ0n) is 27.1. The third-order valence-corrected chi connectivity index (χ3v) is 10.7. The van der Waals surface area contributed by atoms with Crippen LogP contribution in [0.1, 0.15) is 87.4 Å². The molecule has 0 radical (unpaired) electrons. The Morgan fingerprint density at radius 1 is 1.04 bits per heavy atom. The van der Waals surface area contributed by atoms with Crippen LogP contribution in [0.25, 0.3) is 0 Å². The fraction of sp³-hybridized carbons (Fsp3) is 0.697. The number of piperazine rings is 1. The number of hydrogen-bond acceptors (Lipinski definition) is 8. The Morgan fingerprint density at radius 3 is 2.39 bits per heavy atom. The molecule has 2 amide bonds. The molecule has 1 saturated carbocycles. The van der Waals surface area contributed by atoms with E-state index in [0.717, 1.165) is 77.2 Å². The van der Waals surface area contributed by atoms with Crippen LogP contribution < -0.4 is 21.3 Å². The van der Waals surface area contributed by atoms with E-state index in [-0.39, 0.29) is 29.5 Å². The van der Waals surface area contributed by atoms with E-state index in [1.807, 2.05) is 11.9 Å². The Balaban J connectivity index is 1.18. The predicted molar refractivity (Wildman–Crippen MR) is 175 cm³/mol. The van der Waals surface area contributed by atoms with Gasteiger partial charge in [0.1, 0.15) is 23.2 Å². The fourth-order valence-corrected chi connectivity index (χ4v) is 7.92. The van der Waals surface area contributed by atoms with Crippen molar-refractivity contribution in [3.8, 4) is 0 Å². The van der Waals surface area contributed by atoms with Gasteiger partial charge in [-0.1, -0.05) is 51.4 Å². The van der Waals surface area contributed by atoms with Gasteiger partial charge in [-0.25, -0.2) is 13.5 Å². The summed E-state index contributed by atoms with van der Waals surface area (Å²) in [5.41, 5.74) is 6.25. The predicted octanol–water partition coefficient (Wildman–Crippen LogP) is 4.62. The third kappa shape index (κ3) is 6.65. The Labute approximate surface area is 270 Å². The minimum absolute atomic E-state index is 0.0249. The number of likely N-dealkylation sites (N-methyl/N-ethyl adjacent to an activating group) is 1. The zero-order chi connectivity index (χ0) is 32.3. The quantitative estimate of drug-likeness (QED) is 0.432. The van der Waals surface area contributed by atoms with Crippen LogP contribution in [0.5, 0.6) is 0 Å². The molecule has 4 aliphatic rings. The second-order valence-electron chi connectivity index (χ2n) is 13.8. The molecule has 3 aliphatic heterocycles. The van der Waals surface area contributed by atoms with Crippen LogP contribution in [0, 0.1) is 11.7 Å². The van der Waals surface area contributed by atoms with E-state index < -0.39 is 23.4 Å². The number of hydrogen-bond donors (Lipinski definition) is 3. The summed E-state index contributed by atoms with van der Waals surface area (Å²) in [6, 6.07) is 0. The van der Waals surface area contributed by atoms with E-state index in [4.69, 9.17) is 5.73 Å². The van der Waals surface area contributed by atoms with Gasteiger partial charge in [0.2, 0.25) is 5.91 Å². The molecule has 3 fully saturated rings. The number of nitrogens with zero attached hydrogens (tertiary/aromatic N) is 6. The Morgan fingerprint density at radius 2 is 1.72 bits per heavy atom. The van der Waals surface area contributed by atoms with Gasteiger partial charge in [-0.3, -0.25) is 19.5 Å². The highest BCUT2D eigenvalue weighted by Gasteiger charge is 2.47. The lowest BCUT2D eigenvalue weighted by Gasteiger charge is -2.42. The van der Waals surface area contributed by atoms with Crippen molar-refractivity contribution < 1.29 is 18.4 Å². The number of pyridine rings is 1. The van der Waals surface area contributed by atoms with E-state index in [9.17, 15) is 9.59 Å². The number of halogens is 2. The summed E-state index contributed by atoms with van der Waals surface area (Å²) in [7, 11) is 1.84. The van der Waals surface area contributed by atoms with E-state index in [0.29, 0.717) is 49.9 Å². The van der Waals surface area contributed by atoms with Crippen molar-refractivity contribution in [1.82, 2.24) is 24.6 Å². The molecule has 5 heterocycles. The van der Waals surface area contributed by atoms with Crippen LogP contribution in [0.2, 0.25) is 0 Å². The van der Waals surface area contributed by atoms with Crippen molar-refractivity contribution in [2.24, 2.45) is 5.92 Å². The molecule has 0 bridgehead atoms. The van der Waals surface area contributed by atoms with Crippen molar-refractivity contribution in [2.75, 3.05) is 74.1 Å². The van der Waals surface area contributed by atoms with Crippen LogP contribution in [-0.2, 0) is 10.3 Å². The van der Waals surface area contributed by atoms with E-state index in [1.165, 1.54) is 19.0 Å². The number of alkyl halides is 1. The van der Waals surface area contributed by atoms with E-state index in [2.05, 4.69) is 25.6 Å². The van der Waals surface area contributed by atoms with Gasteiger partial charge in [-0.2, -0.15) is 5.10 Å². The third-order valence-electron chi connectivity index (χ3n) is 10.7. The highest BCUT2D eigenvalue weighted by Crippen LogP contribution is 2.43. The number of carbonyl (C=O) groups excluding carboxylic acids is 2. The molecule has 2 aromatic heterocycles. The summed E-state index contributed by atoms with van der Waals surface area (Å²) >= 11 is 0. The van der Waals surface area contributed by atoms with Gasteiger partial charge >= 0.3 is 0 Å². The van der Waals surface area contributed by atoms with Crippen molar-refractivity contribution in [1.29, 1.82) is 0 Å². The first-order chi connectivity index (χ1) is 22.3. The van der Waals surface area contributed by atoms with Crippen LogP contribution in [-0.4, -0.2) is 95.4 Å². The summed E-state index contributed by atoms with van der Waals surface area (Å²) in [5, 5.41) is 10.6. The molecule has 46 heavy (non-hydrogen) atoms. The molecular weight excluding hydrogens is 592 g/mol. The summed E-state index contributed by atoms with van der Waals surface area (Å²) < 4.78 is 32.9. The average molecular weight is 642 g/mol. The maximum Gasteiger partial charge on any atom is 0.263 e. The lowest BCUT2D eigenvalue weighted by atomic mass is 9.81. The van der Waals surface area contributed by atoms with Crippen LogP contribution >= 0.6 is 0 Å². The first-order valence-corrected chi connectivity index (χ1v) is 17.2. The molecule has 0 aromatic carbocycles. The first kappa shape index (κ1) is 32.5. The number of piperidine rings is 1. The number of anilines is 4. The minimum atomic E-state index is -1.16. The minimum Gasteiger partial charge on any atom is -0.381 e. The van der Waals surface area contributed by atoms with Gasteiger partial charge in [0, 0.05) is 46.3 Å². The van der Waals surface area contributed by atoms with Crippen molar-refractivity contribution >= 4 is 34.8 Å². The van der Waals surface area contributed by atoms with Crippen molar-refractivity contribution in [3.05, 3.63) is 23.8 Å². The second-order valence-corrected chi connectivity index (χ2v) is 13.8. The molecule has 6 rings (SSSR count). The van der Waals surface area contributed by atoms with Gasteiger partial charge < -0.3 is 26.2 Å². The summed E-state index contributed by atoms with van der Waals surface area (Å²) in [4.78, 5) is 36.0. The number of nitrogen functional groups attached to an aromatic ring is 1. The smallest absolute Gasteiger partial charge is 0.263 e. The average Bonchev–Trinajstić information content (AvgIpc) is 3.36. The van der Waals surface area contributed by atoms with Crippen LogP contribution in [0.4, 0.5) is 31.8 Å². The van der Waals surface area contributed by atoms with E-state index >= 15 is 8.78 Å². The highest BCUT2D eigenvalue weighted by molar-refractivity contribution is 6.12. The maximum atomic E-state index is 15.9. The van der Waals surface area contributed by atoms with Crippen LogP contribution in [0.15, 0.2) is 12.4 Å². The number of aromatic nitrogens is 3. The maximum absolute atomic E-state index is 15.9. The molecule has 1 aliphatic carbocycles. The topological polar surface area (TPSA) is 125 Å². The number of nitrogens with one attached hydrogen (secondary N) is 2. The fourth-order valence-electron chi connectivity index (χ4n) is 7.92. The Kier molecular flexibility index (Phi) is 9.95. The molecule has 1 unspecified atom stereocenters. The highest BCUT2D eigenvalue weighted by atomic mass is 19.1. The number of amides is 2. The van der Waals surface area contributed by atoms with Gasteiger partial charge in [0.25, 0.3) is 5.91 Å². The van der Waals surface area contributed by atoms with Crippen molar-refractivity contribution in [3.63, 3.8) is 0 Å². The SMILES string of the molecule is CN1CCN(CC2CCN(c3c(F)cncc3NC(=O)c3c(N)nn4c3NCC(F)C43CCCCCCCCCC3)CC2)CC1=O. The Hall–Kier alpha value is -3.48. The molecule has 1 spiro atoms. The first-order valence-electron chi connectivity index (χ1n) is 17.2. The number of rotatable bonds is 5. The Bertz CT molecular complexity index is 1380. The van der Waals surface area contributed by atoms with Gasteiger partial charge in [-0.15, -0.1) is 0 Å². The zero-order valence-corrected chi connectivity index (χ0v) is 27.1. The standard InChI is InChI=1S/C33H49F2N9O2/c1-41-16-17-42(22-27(41)45)21-23-10-14-43(15-11-23)29-24(34)18-37-19-25(29)39-32(46)28-30(36)40-44-31(28)38-20-26(35)33(44)12-8-6-4-2-3-5-7-9-13-33/h18-19,23,26,38H,2-17,20-22H2,1H3,(H2,36,40)(H,39,46). The summed E-state index contributed by atoms with van der Waals surface area (Å²) in [6.45, 7) is 4.19. The lowest BCUT2D eigenvalue weighted by Crippen LogP contribution is -2.51. The molecule has 11 nitrogen and oxygen atoms in total. The lowest BCUT2D eigenvalue weighted by molar-refractivity contribution is -0.134. The summed E-state index contributed by atoms with van der Waals surface area (Å²) in [6.07, 6.45) is 13.0. The van der Waals surface area contributed by atoms with Gasteiger partial charge in [0.15, 0.2) is 11.6 Å². The molecule has 252 valence electrons. The monoisotopic (exact) mass is 641 g/mol. The second kappa shape index (κ2) is 14.1. The molecule has 1 atom stereocenters. The molecule has 4 N–H and O–H groups in total. The van der Waals surface area contributed by atoms with Crippen molar-refractivity contribution in [2.45, 2.75) is 88.8 Å². The summed E-state index contributed by atoms with van der Waals surface area (Å²) in [5.74, 6) is -0.0496.